The van der Waals surface area contributed by atoms with Gasteiger partial charge in [-0.1, -0.05) is 27.7 Å². The van der Waals surface area contributed by atoms with Gasteiger partial charge in [0.05, 0.1) is 0 Å². The molecule has 2 nitrogen and oxygen atoms in total. The van der Waals surface area contributed by atoms with Crippen molar-refractivity contribution >= 4 is 0 Å². The second-order valence-corrected chi connectivity index (χ2v) is 7.70. The van der Waals surface area contributed by atoms with Crippen LogP contribution in [0.15, 0.2) is 0 Å². The Kier molecular flexibility index (Phi) is 5.70. The molecule has 0 bridgehead atoms. The molecule has 2 aliphatic rings. The van der Waals surface area contributed by atoms with Crippen LogP contribution in [0.3, 0.4) is 0 Å². The third-order valence-corrected chi connectivity index (χ3v) is 4.31. The van der Waals surface area contributed by atoms with Crippen LogP contribution in [0.2, 0.25) is 0 Å². The fourth-order valence-corrected chi connectivity index (χ4v) is 3.31. The average Bonchev–Trinajstić information content (AvgIpc) is 3.13. The van der Waals surface area contributed by atoms with Crippen LogP contribution in [-0.4, -0.2) is 37.1 Å². The zero-order valence-electron chi connectivity index (χ0n) is 13.5. The summed E-state index contributed by atoms with van der Waals surface area (Å²) in [5, 5.41) is 3.88. The third-order valence-electron chi connectivity index (χ3n) is 4.31. The highest BCUT2D eigenvalue weighted by atomic mass is 15.1. The summed E-state index contributed by atoms with van der Waals surface area (Å²) in [7, 11) is 0. The largest absolute Gasteiger partial charge is 0.312 e. The van der Waals surface area contributed by atoms with Gasteiger partial charge in [0, 0.05) is 32.2 Å². The summed E-state index contributed by atoms with van der Waals surface area (Å²) < 4.78 is 0. The minimum Gasteiger partial charge on any atom is -0.312 e. The van der Waals surface area contributed by atoms with E-state index in [0.29, 0.717) is 0 Å². The minimum absolute atomic E-state index is 0.779. The number of hydrogen-bond donors (Lipinski definition) is 1. The Morgan fingerprint density at radius 2 is 1.37 bits per heavy atom. The molecule has 0 amide bonds. The molecule has 0 heterocycles. The molecule has 0 aromatic heterocycles. The van der Waals surface area contributed by atoms with Gasteiger partial charge in [-0.15, -0.1) is 0 Å². The predicted octanol–water partition coefficient (Wildman–Crippen LogP) is 3.38. The summed E-state index contributed by atoms with van der Waals surface area (Å²) in [6, 6.07) is 0.861. The fourth-order valence-electron chi connectivity index (χ4n) is 3.31. The maximum absolute atomic E-state index is 3.88. The van der Waals surface area contributed by atoms with Crippen LogP contribution in [0.25, 0.3) is 0 Å². The van der Waals surface area contributed by atoms with Crippen LogP contribution in [0.5, 0.6) is 0 Å². The summed E-state index contributed by atoms with van der Waals surface area (Å²) in [6.45, 7) is 14.2. The van der Waals surface area contributed by atoms with Crippen molar-refractivity contribution in [3.63, 3.8) is 0 Å². The molecule has 112 valence electrons. The monoisotopic (exact) mass is 266 g/mol. The molecule has 2 heteroatoms. The quantitative estimate of drug-likeness (QED) is 0.652. The molecule has 19 heavy (non-hydrogen) atoms. The summed E-state index contributed by atoms with van der Waals surface area (Å²) in [6.07, 6.45) is 5.93. The van der Waals surface area contributed by atoms with Crippen molar-refractivity contribution in [1.29, 1.82) is 0 Å². The molecule has 0 aromatic carbocycles. The van der Waals surface area contributed by atoms with Gasteiger partial charge in [0.25, 0.3) is 0 Å². The Labute approximate surface area is 120 Å². The van der Waals surface area contributed by atoms with E-state index in [1.54, 1.807) is 0 Å². The van der Waals surface area contributed by atoms with Crippen LogP contribution in [0, 0.1) is 23.7 Å². The van der Waals surface area contributed by atoms with Crippen LogP contribution in [-0.2, 0) is 0 Å². The summed E-state index contributed by atoms with van der Waals surface area (Å²) >= 11 is 0. The van der Waals surface area contributed by atoms with Gasteiger partial charge in [-0.3, -0.25) is 0 Å². The fraction of sp³-hybridized carbons (Fsp3) is 1.00. The van der Waals surface area contributed by atoms with Gasteiger partial charge in [-0.25, -0.2) is 0 Å². The van der Waals surface area contributed by atoms with Crippen molar-refractivity contribution in [2.75, 3.05) is 26.2 Å². The first-order chi connectivity index (χ1) is 9.06. The molecule has 1 N–H and O–H groups in total. The van der Waals surface area contributed by atoms with Crippen LogP contribution < -0.4 is 5.32 Å². The van der Waals surface area contributed by atoms with Crippen molar-refractivity contribution in [3.05, 3.63) is 0 Å². The highest BCUT2D eigenvalue weighted by Crippen LogP contribution is 2.44. The smallest absolute Gasteiger partial charge is 0.0124 e. The molecular formula is C17H34N2. The standard InChI is InChI=1S/C17H34N2/c1-13(2)11-19(12-14(3)4)10-9-18-17(15-5-6-15)16-7-8-16/h13-18H,5-12H2,1-4H3. The number of nitrogens with zero attached hydrogens (tertiary/aromatic N) is 1. The molecule has 0 atom stereocenters. The van der Waals surface area contributed by atoms with E-state index >= 15 is 0 Å². The van der Waals surface area contributed by atoms with Gasteiger partial charge in [0.15, 0.2) is 0 Å². The lowest BCUT2D eigenvalue weighted by molar-refractivity contribution is 0.214. The van der Waals surface area contributed by atoms with Crippen molar-refractivity contribution in [1.82, 2.24) is 10.2 Å². The molecule has 0 unspecified atom stereocenters. The van der Waals surface area contributed by atoms with Gasteiger partial charge < -0.3 is 10.2 Å². The Morgan fingerprint density at radius 3 is 1.74 bits per heavy atom. The van der Waals surface area contributed by atoms with Gasteiger partial charge in [0.2, 0.25) is 0 Å². The van der Waals surface area contributed by atoms with E-state index in [9.17, 15) is 0 Å². The topological polar surface area (TPSA) is 15.3 Å². The van der Waals surface area contributed by atoms with Crippen LogP contribution >= 0.6 is 0 Å². The van der Waals surface area contributed by atoms with Gasteiger partial charge in [-0.05, 0) is 49.4 Å². The van der Waals surface area contributed by atoms with Crippen molar-refractivity contribution < 1.29 is 0 Å². The highest BCUT2D eigenvalue weighted by Gasteiger charge is 2.40. The second kappa shape index (κ2) is 7.08. The third kappa shape index (κ3) is 5.83. The lowest BCUT2D eigenvalue weighted by atomic mass is 10.1. The first kappa shape index (κ1) is 15.3. The molecule has 0 saturated heterocycles. The molecule has 0 aromatic rings. The summed E-state index contributed by atoms with van der Waals surface area (Å²) in [5.41, 5.74) is 0. The molecule has 0 spiro atoms. The first-order valence-corrected chi connectivity index (χ1v) is 8.52. The Hall–Kier alpha value is -0.0800. The van der Waals surface area contributed by atoms with E-state index in [1.807, 2.05) is 0 Å². The SMILES string of the molecule is CC(C)CN(CCNC(C1CC1)C1CC1)CC(C)C. The van der Waals surface area contributed by atoms with Gasteiger partial charge in [-0.2, -0.15) is 0 Å². The number of rotatable bonds is 10. The molecule has 2 aliphatic carbocycles. The van der Waals surface area contributed by atoms with Crippen molar-refractivity contribution in [2.24, 2.45) is 23.7 Å². The molecule has 2 fully saturated rings. The van der Waals surface area contributed by atoms with E-state index in [1.165, 1.54) is 51.9 Å². The Morgan fingerprint density at radius 1 is 0.895 bits per heavy atom. The van der Waals surface area contributed by atoms with Gasteiger partial charge in [0.1, 0.15) is 0 Å². The molecule has 2 saturated carbocycles. The Bertz CT molecular complexity index is 232. The summed E-state index contributed by atoms with van der Waals surface area (Å²) in [4.78, 5) is 2.65. The predicted molar refractivity (Wildman–Crippen MR) is 83.4 cm³/mol. The normalized spacial score (nSPS) is 20.2. The maximum Gasteiger partial charge on any atom is 0.0124 e. The maximum atomic E-state index is 3.88. The first-order valence-electron chi connectivity index (χ1n) is 8.52. The highest BCUT2D eigenvalue weighted by molar-refractivity contribution is 4.96. The number of hydrogen-bond acceptors (Lipinski definition) is 2. The van der Waals surface area contributed by atoms with Crippen LogP contribution in [0.1, 0.15) is 53.4 Å². The lowest BCUT2D eigenvalue weighted by Gasteiger charge is -2.27. The molecule has 2 rings (SSSR count). The van der Waals surface area contributed by atoms with E-state index < -0.39 is 0 Å². The van der Waals surface area contributed by atoms with Crippen molar-refractivity contribution in [3.8, 4) is 0 Å². The van der Waals surface area contributed by atoms with Crippen molar-refractivity contribution in [2.45, 2.75) is 59.4 Å². The van der Waals surface area contributed by atoms with E-state index in [0.717, 1.165) is 29.7 Å². The van der Waals surface area contributed by atoms with E-state index in [2.05, 4.69) is 37.9 Å². The Balaban J connectivity index is 1.67. The minimum atomic E-state index is 0.779. The summed E-state index contributed by atoms with van der Waals surface area (Å²) in [5.74, 6) is 3.61. The van der Waals surface area contributed by atoms with Gasteiger partial charge >= 0.3 is 0 Å². The number of nitrogens with one attached hydrogen (secondary N) is 1. The zero-order valence-corrected chi connectivity index (χ0v) is 13.5. The van der Waals surface area contributed by atoms with E-state index in [-0.39, 0.29) is 0 Å². The second-order valence-electron chi connectivity index (χ2n) is 7.70. The van der Waals surface area contributed by atoms with Crippen LogP contribution in [0.4, 0.5) is 0 Å². The zero-order chi connectivity index (χ0) is 13.8. The lowest BCUT2D eigenvalue weighted by Crippen LogP contribution is -2.41. The van der Waals surface area contributed by atoms with E-state index in [4.69, 9.17) is 0 Å². The molecular weight excluding hydrogens is 232 g/mol. The average molecular weight is 266 g/mol. The molecule has 0 aliphatic heterocycles. The molecule has 0 radical (unpaired) electrons.